The molecule has 2 rings (SSSR count). The lowest BCUT2D eigenvalue weighted by Crippen LogP contribution is -2.03. The van der Waals surface area contributed by atoms with Gasteiger partial charge in [-0.1, -0.05) is 0 Å². The van der Waals surface area contributed by atoms with Crippen molar-refractivity contribution in [2.45, 2.75) is 0 Å². The van der Waals surface area contributed by atoms with E-state index in [1.54, 1.807) is 0 Å². The van der Waals surface area contributed by atoms with E-state index in [-0.39, 0.29) is 17.3 Å². The maximum atomic E-state index is 12.8. The zero-order chi connectivity index (χ0) is 12.4. The van der Waals surface area contributed by atoms with Gasteiger partial charge < -0.3 is 9.84 Å². The van der Waals surface area contributed by atoms with Crippen molar-refractivity contribution in [3.8, 4) is 11.6 Å². The maximum Gasteiger partial charge on any atom is 0.342 e. The molecule has 0 saturated carbocycles. The van der Waals surface area contributed by atoms with E-state index in [0.29, 0.717) is 5.69 Å². The minimum absolute atomic E-state index is 0.0446. The Hall–Kier alpha value is -2.37. The van der Waals surface area contributed by atoms with E-state index >= 15 is 0 Å². The Labute approximate surface area is 96.1 Å². The van der Waals surface area contributed by atoms with Crippen molar-refractivity contribution in [2.24, 2.45) is 0 Å². The Morgan fingerprint density at radius 2 is 2.06 bits per heavy atom. The van der Waals surface area contributed by atoms with Gasteiger partial charge in [-0.25, -0.2) is 13.9 Å². The molecule has 0 aliphatic carbocycles. The van der Waals surface area contributed by atoms with Crippen LogP contribution in [0.4, 0.5) is 4.39 Å². The number of aromatic carboxylic acids is 1. The average molecular weight is 236 g/mol. The molecule has 17 heavy (non-hydrogen) atoms. The number of benzene rings is 1. The quantitative estimate of drug-likeness (QED) is 0.881. The van der Waals surface area contributed by atoms with Crippen LogP contribution >= 0.6 is 0 Å². The molecule has 0 radical (unpaired) electrons. The molecular formula is C11H9FN2O3. The summed E-state index contributed by atoms with van der Waals surface area (Å²) in [5, 5.41) is 12.8. The van der Waals surface area contributed by atoms with Crippen LogP contribution in [0.2, 0.25) is 0 Å². The smallest absolute Gasteiger partial charge is 0.342 e. The normalized spacial score (nSPS) is 10.2. The lowest BCUT2D eigenvalue weighted by molar-refractivity contribution is 0.0693. The molecule has 1 aromatic heterocycles. The first-order chi connectivity index (χ1) is 8.13. The predicted octanol–water partition coefficient (Wildman–Crippen LogP) is 1.72. The van der Waals surface area contributed by atoms with Gasteiger partial charge in [0.2, 0.25) is 5.88 Å². The van der Waals surface area contributed by atoms with Crippen LogP contribution in [0.5, 0.6) is 5.88 Å². The molecule has 88 valence electrons. The third-order valence-corrected chi connectivity index (χ3v) is 2.22. The highest BCUT2D eigenvalue weighted by Crippen LogP contribution is 2.22. The van der Waals surface area contributed by atoms with Gasteiger partial charge in [0, 0.05) is 0 Å². The summed E-state index contributed by atoms with van der Waals surface area (Å²) in [7, 11) is 1.35. The highest BCUT2D eigenvalue weighted by Gasteiger charge is 2.18. The van der Waals surface area contributed by atoms with Gasteiger partial charge in [0.1, 0.15) is 11.4 Å². The van der Waals surface area contributed by atoms with Crippen molar-refractivity contribution in [1.82, 2.24) is 9.78 Å². The molecule has 0 unspecified atom stereocenters. The molecule has 0 bridgehead atoms. The Balaban J connectivity index is 2.52. The first-order valence-corrected chi connectivity index (χ1v) is 4.74. The highest BCUT2D eigenvalue weighted by molar-refractivity contribution is 5.90. The van der Waals surface area contributed by atoms with Crippen molar-refractivity contribution in [3.05, 3.63) is 41.8 Å². The van der Waals surface area contributed by atoms with E-state index in [0.717, 1.165) is 0 Å². The number of nitrogens with zero attached hydrogens (tertiary/aromatic N) is 2. The van der Waals surface area contributed by atoms with Gasteiger partial charge in [-0.05, 0) is 24.3 Å². The molecule has 6 heteroatoms. The summed E-state index contributed by atoms with van der Waals surface area (Å²) in [5.41, 5.74) is 0.479. The summed E-state index contributed by atoms with van der Waals surface area (Å²) in [6.07, 6.45) is 1.19. The van der Waals surface area contributed by atoms with E-state index in [9.17, 15) is 9.18 Å². The molecule has 0 aliphatic heterocycles. The monoisotopic (exact) mass is 236 g/mol. The first kappa shape index (κ1) is 11.1. The Kier molecular flexibility index (Phi) is 2.78. The second-order valence-electron chi connectivity index (χ2n) is 3.26. The first-order valence-electron chi connectivity index (χ1n) is 4.74. The lowest BCUT2D eigenvalue weighted by atomic mass is 10.3. The molecule has 1 aromatic carbocycles. The molecule has 0 atom stereocenters. The average Bonchev–Trinajstić information content (AvgIpc) is 2.73. The molecule has 0 spiro atoms. The molecule has 1 N–H and O–H groups in total. The SMILES string of the molecule is COc1c(C(=O)O)cnn1-c1ccc(F)cc1. The van der Waals surface area contributed by atoms with E-state index in [1.165, 1.54) is 42.3 Å². The summed E-state index contributed by atoms with van der Waals surface area (Å²) in [5.74, 6) is -1.40. The molecule has 0 amide bonds. The summed E-state index contributed by atoms with van der Waals surface area (Å²) in [6, 6.07) is 5.49. The van der Waals surface area contributed by atoms with Crippen LogP contribution in [0.15, 0.2) is 30.5 Å². The number of halogens is 1. The van der Waals surface area contributed by atoms with Gasteiger partial charge in [0.15, 0.2) is 0 Å². The standard InChI is InChI=1S/C11H9FN2O3/c1-17-10-9(11(15)16)6-13-14(10)8-4-2-7(12)3-5-8/h2-6H,1H3,(H,15,16). The fourth-order valence-electron chi connectivity index (χ4n) is 1.45. The Bertz CT molecular complexity index is 548. The number of methoxy groups -OCH3 is 1. The van der Waals surface area contributed by atoms with Crippen LogP contribution in [0.3, 0.4) is 0 Å². The van der Waals surface area contributed by atoms with Crippen LogP contribution in [-0.2, 0) is 0 Å². The third kappa shape index (κ3) is 1.96. The second-order valence-corrected chi connectivity index (χ2v) is 3.26. The number of ether oxygens (including phenoxy) is 1. The summed E-state index contributed by atoms with van der Waals surface area (Å²) in [6.45, 7) is 0. The van der Waals surface area contributed by atoms with Crippen molar-refractivity contribution in [2.75, 3.05) is 7.11 Å². The Morgan fingerprint density at radius 3 is 2.59 bits per heavy atom. The summed E-state index contributed by atoms with van der Waals surface area (Å²) in [4.78, 5) is 10.9. The molecular weight excluding hydrogens is 227 g/mol. The van der Waals surface area contributed by atoms with Crippen LogP contribution in [0.1, 0.15) is 10.4 Å². The van der Waals surface area contributed by atoms with Crippen LogP contribution in [0, 0.1) is 5.82 Å². The number of rotatable bonds is 3. The van der Waals surface area contributed by atoms with Gasteiger partial charge in [-0.2, -0.15) is 5.10 Å². The van der Waals surface area contributed by atoms with Gasteiger partial charge in [0.25, 0.3) is 0 Å². The molecule has 0 aliphatic rings. The van der Waals surface area contributed by atoms with Crippen LogP contribution < -0.4 is 4.74 Å². The van der Waals surface area contributed by atoms with Crippen molar-refractivity contribution in [3.63, 3.8) is 0 Å². The van der Waals surface area contributed by atoms with Crippen molar-refractivity contribution >= 4 is 5.97 Å². The number of carboxylic acids is 1. The van der Waals surface area contributed by atoms with E-state index in [4.69, 9.17) is 9.84 Å². The van der Waals surface area contributed by atoms with Gasteiger partial charge in [-0.15, -0.1) is 0 Å². The highest BCUT2D eigenvalue weighted by atomic mass is 19.1. The number of aromatic nitrogens is 2. The van der Waals surface area contributed by atoms with E-state index in [1.807, 2.05) is 0 Å². The number of hydrogen-bond donors (Lipinski definition) is 1. The zero-order valence-electron chi connectivity index (χ0n) is 8.92. The summed E-state index contributed by atoms with van der Waals surface area (Å²) < 4.78 is 19.0. The largest absolute Gasteiger partial charge is 0.480 e. The summed E-state index contributed by atoms with van der Waals surface area (Å²) >= 11 is 0. The number of carboxylic acid groups (broad SMARTS) is 1. The number of carbonyl (C=O) groups is 1. The predicted molar refractivity (Wildman–Crippen MR) is 57.0 cm³/mol. The zero-order valence-corrected chi connectivity index (χ0v) is 8.92. The second kappa shape index (κ2) is 4.25. The molecule has 2 aromatic rings. The molecule has 1 heterocycles. The van der Waals surface area contributed by atoms with Crippen LogP contribution in [-0.4, -0.2) is 28.0 Å². The van der Waals surface area contributed by atoms with Gasteiger partial charge >= 0.3 is 5.97 Å². The van der Waals surface area contributed by atoms with E-state index in [2.05, 4.69) is 5.10 Å². The fraction of sp³-hybridized carbons (Fsp3) is 0.0909. The van der Waals surface area contributed by atoms with E-state index < -0.39 is 5.97 Å². The molecule has 0 fully saturated rings. The maximum absolute atomic E-state index is 12.8. The van der Waals surface area contributed by atoms with Crippen molar-refractivity contribution < 1.29 is 19.0 Å². The van der Waals surface area contributed by atoms with Crippen molar-refractivity contribution in [1.29, 1.82) is 0 Å². The minimum Gasteiger partial charge on any atom is -0.480 e. The molecule has 0 saturated heterocycles. The topological polar surface area (TPSA) is 64.3 Å². The number of hydrogen-bond acceptors (Lipinski definition) is 3. The van der Waals surface area contributed by atoms with Gasteiger partial charge in [-0.3, -0.25) is 0 Å². The third-order valence-electron chi connectivity index (χ3n) is 2.22. The minimum atomic E-state index is -1.13. The lowest BCUT2D eigenvalue weighted by Gasteiger charge is -2.06. The van der Waals surface area contributed by atoms with Gasteiger partial charge in [0.05, 0.1) is 19.0 Å². The Morgan fingerprint density at radius 1 is 1.41 bits per heavy atom. The fourth-order valence-corrected chi connectivity index (χ4v) is 1.45. The van der Waals surface area contributed by atoms with Crippen LogP contribution in [0.25, 0.3) is 5.69 Å². The molecule has 5 nitrogen and oxygen atoms in total.